The Balaban J connectivity index is 2.14. The van der Waals surface area contributed by atoms with Gasteiger partial charge in [0.1, 0.15) is 5.82 Å². The van der Waals surface area contributed by atoms with Gasteiger partial charge in [-0.3, -0.25) is 0 Å². The molecule has 21 heavy (non-hydrogen) atoms. The second kappa shape index (κ2) is 7.10. The highest BCUT2D eigenvalue weighted by Crippen LogP contribution is 2.28. The molecular formula is C16H15BrCl2FN. The van der Waals surface area contributed by atoms with E-state index < -0.39 is 0 Å². The number of rotatable bonds is 4. The molecule has 0 saturated heterocycles. The molecule has 0 aliphatic rings. The third-order valence-corrected chi connectivity index (χ3v) is 4.54. The zero-order valence-electron chi connectivity index (χ0n) is 11.6. The average molecular weight is 391 g/mol. The second-order valence-corrected chi connectivity index (χ2v) is 6.65. The SMILES string of the molecule is CC(NC(C)c1ccc(Cl)cc1Cl)c1ccc(F)c(Br)c1. The lowest BCUT2D eigenvalue weighted by molar-refractivity contribution is 0.493. The van der Waals surface area contributed by atoms with E-state index in [0.29, 0.717) is 14.5 Å². The maximum atomic E-state index is 13.3. The highest BCUT2D eigenvalue weighted by Gasteiger charge is 2.14. The fourth-order valence-electron chi connectivity index (χ4n) is 2.20. The molecule has 0 bridgehead atoms. The summed E-state index contributed by atoms with van der Waals surface area (Å²) < 4.78 is 13.7. The fraction of sp³-hybridized carbons (Fsp3) is 0.250. The van der Waals surface area contributed by atoms with Gasteiger partial charge in [0.15, 0.2) is 0 Å². The van der Waals surface area contributed by atoms with Crippen LogP contribution in [0.1, 0.15) is 37.1 Å². The van der Waals surface area contributed by atoms with Crippen molar-refractivity contribution in [3.8, 4) is 0 Å². The molecule has 5 heteroatoms. The van der Waals surface area contributed by atoms with Gasteiger partial charge in [0, 0.05) is 22.1 Å². The topological polar surface area (TPSA) is 12.0 Å². The van der Waals surface area contributed by atoms with Crippen molar-refractivity contribution < 1.29 is 4.39 Å². The quantitative estimate of drug-likeness (QED) is 0.645. The molecule has 2 aromatic carbocycles. The van der Waals surface area contributed by atoms with E-state index in [2.05, 4.69) is 21.2 Å². The normalized spacial score (nSPS) is 14.0. The predicted octanol–water partition coefficient (Wildman–Crippen LogP) is 6.31. The summed E-state index contributed by atoms with van der Waals surface area (Å²) >= 11 is 15.3. The van der Waals surface area contributed by atoms with Crippen LogP contribution < -0.4 is 5.32 Å². The maximum absolute atomic E-state index is 13.3. The van der Waals surface area contributed by atoms with Crippen molar-refractivity contribution in [1.82, 2.24) is 5.32 Å². The molecule has 0 aliphatic heterocycles. The minimum atomic E-state index is -0.264. The first-order valence-corrected chi connectivity index (χ1v) is 8.09. The van der Waals surface area contributed by atoms with Crippen LogP contribution in [0.15, 0.2) is 40.9 Å². The lowest BCUT2D eigenvalue weighted by Gasteiger charge is -2.22. The molecule has 0 saturated carbocycles. The Morgan fingerprint density at radius 3 is 2.38 bits per heavy atom. The Morgan fingerprint density at radius 2 is 1.76 bits per heavy atom. The van der Waals surface area contributed by atoms with E-state index in [4.69, 9.17) is 23.2 Å². The molecule has 0 aliphatic carbocycles. The smallest absolute Gasteiger partial charge is 0.137 e. The van der Waals surface area contributed by atoms with Crippen molar-refractivity contribution in [3.63, 3.8) is 0 Å². The third-order valence-electron chi connectivity index (χ3n) is 3.37. The van der Waals surface area contributed by atoms with Crippen LogP contribution in [0.25, 0.3) is 0 Å². The van der Waals surface area contributed by atoms with Gasteiger partial charge >= 0.3 is 0 Å². The summed E-state index contributed by atoms with van der Waals surface area (Å²) in [4.78, 5) is 0. The molecule has 1 nitrogen and oxygen atoms in total. The van der Waals surface area contributed by atoms with E-state index in [0.717, 1.165) is 11.1 Å². The monoisotopic (exact) mass is 389 g/mol. The zero-order chi connectivity index (χ0) is 15.6. The lowest BCUT2D eigenvalue weighted by atomic mass is 10.0. The first-order valence-electron chi connectivity index (χ1n) is 6.54. The minimum Gasteiger partial charge on any atom is -0.304 e. The highest BCUT2D eigenvalue weighted by atomic mass is 79.9. The molecule has 0 aromatic heterocycles. The van der Waals surface area contributed by atoms with Crippen LogP contribution in [-0.2, 0) is 0 Å². The van der Waals surface area contributed by atoms with Gasteiger partial charge in [-0.05, 0) is 65.2 Å². The minimum absolute atomic E-state index is 0.0496. The number of hydrogen-bond acceptors (Lipinski definition) is 1. The van der Waals surface area contributed by atoms with Gasteiger partial charge in [0.25, 0.3) is 0 Å². The Morgan fingerprint density at radius 1 is 1.05 bits per heavy atom. The highest BCUT2D eigenvalue weighted by molar-refractivity contribution is 9.10. The third kappa shape index (κ3) is 4.19. The van der Waals surface area contributed by atoms with E-state index in [-0.39, 0.29) is 17.9 Å². The molecule has 2 rings (SSSR count). The van der Waals surface area contributed by atoms with Gasteiger partial charge in [-0.2, -0.15) is 0 Å². The number of hydrogen-bond donors (Lipinski definition) is 1. The van der Waals surface area contributed by atoms with E-state index in [1.807, 2.05) is 26.0 Å². The van der Waals surface area contributed by atoms with Crippen LogP contribution in [0.3, 0.4) is 0 Å². The summed E-state index contributed by atoms with van der Waals surface area (Å²) in [7, 11) is 0. The van der Waals surface area contributed by atoms with Crippen molar-refractivity contribution in [2.75, 3.05) is 0 Å². The summed E-state index contributed by atoms with van der Waals surface area (Å²) in [6.45, 7) is 4.06. The lowest BCUT2D eigenvalue weighted by Crippen LogP contribution is -2.22. The molecule has 0 amide bonds. The standard InChI is InChI=1S/C16H15BrCl2FN/c1-9(11-3-6-16(20)14(17)7-11)21-10(2)13-5-4-12(18)8-15(13)19/h3-10,21H,1-2H3. The Hall–Kier alpha value is -0.610. The van der Waals surface area contributed by atoms with Crippen molar-refractivity contribution in [3.05, 3.63) is 67.9 Å². The predicted molar refractivity (Wildman–Crippen MR) is 90.5 cm³/mol. The zero-order valence-corrected chi connectivity index (χ0v) is 14.7. The molecule has 2 atom stereocenters. The average Bonchev–Trinajstić information content (AvgIpc) is 2.41. The number of benzene rings is 2. The maximum Gasteiger partial charge on any atom is 0.137 e. The summed E-state index contributed by atoms with van der Waals surface area (Å²) in [5, 5.41) is 4.70. The van der Waals surface area contributed by atoms with Gasteiger partial charge in [-0.15, -0.1) is 0 Å². The van der Waals surface area contributed by atoms with Crippen LogP contribution in [0.4, 0.5) is 4.39 Å². The number of nitrogens with one attached hydrogen (secondary N) is 1. The second-order valence-electron chi connectivity index (χ2n) is 4.95. The van der Waals surface area contributed by atoms with Gasteiger partial charge < -0.3 is 5.32 Å². The van der Waals surface area contributed by atoms with E-state index in [1.54, 1.807) is 18.2 Å². The van der Waals surface area contributed by atoms with Crippen molar-refractivity contribution in [2.45, 2.75) is 25.9 Å². The molecule has 0 fully saturated rings. The Bertz CT molecular complexity index is 648. The largest absolute Gasteiger partial charge is 0.304 e. The summed E-state index contributed by atoms with van der Waals surface area (Å²) in [6, 6.07) is 10.6. The van der Waals surface area contributed by atoms with Gasteiger partial charge in [0.05, 0.1) is 4.47 Å². The van der Waals surface area contributed by atoms with Crippen molar-refractivity contribution in [1.29, 1.82) is 0 Å². The van der Waals surface area contributed by atoms with Gasteiger partial charge in [-0.25, -0.2) is 4.39 Å². The first kappa shape index (κ1) is 16.8. The molecule has 1 N–H and O–H groups in total. The Kier molecular flexibility index (Phi) is 5.67. The van der Waals surface area contributed by atoms with Gasteiger partial charge in [-0.1, -0.05) is 35.3 Å². The molecule has 0 radical (unpaired) electrons. The number of halogens is 4. The van der Waals surface area contributed by atoms with Crippen LogP contribution in [0.2, 0.25) is 10.0 Å². The van der Waals surface area contributed by atoms with Crippen LogP contribution in [0, 0.1) is 5.82 Å². The summed E-state index contributed by atoms with van der Waals surface area (Å²) in [5.41, 5.74) is 1.98. The molecule has 2 unspecified atom stereocenters. The van der Waals surface area contributed by atoms with Crippen molar-refractivity contribution in [2.24, 2.45) is 0 Å². The first-order chi connectivity index (χ1) is 9.88. The van der Waals surface area contributed by atoms with E-state index in [9.17, 15) is 4.39 Å². The summed E-state index contributed by atoms with van der Waals surface area (Å²) in [6.07, 6.45) is 0. The van der Waals surface area contributed by atoms with Crippen LogP contribution in [0.5, 0.6) is 0 Å². The molecule has 2 aromatic rings. The summed E-state index contributed by atoms with van der Waals surface area (Å²) in [5.74, 6) is -0.264. The molecule has 0 heterocycles. The van der Waals surface area contributed by atoms with Crippen LogP contribution >= 0.6 is 39.1 Å². The molecule has 112 valence electrons. The van der Waals surface area contributed by atoms with E-state index in [1.165, 1.54) is 6.07 Å². The molecular weight excluding hydrogens is 376 g/mol. The molecule has 0 spiro atoms. The van der Waals surface area contributed by atoms with Crippen molar-refractivity contribution >= 4 is 39.1 Å². The van der Waals surface area contributed by atoms with Gasteiger partial charge in [0.2, 0.25) is 0 Å². The van der Waals surface area contributed by atoms with E-state index >= 15 is 0 Å². The Labute approximate surface area is 142 Å². The fourth-order valence-corrected chi connectivity index (χ4v) is 3.16. The van der Waals surface area contributed by atoms with Crippen LogP contribution in [-0.4, -0.2) is 0 Å².